The quantitative estimate of drug-likeness (QED) is 0.564. The lowest BCUT2D eigenvalue weighted by molar-refractivity contribution is 0.301. The van der Waals surface area contributed by atoms with Gasteiger partial charge in [0.25, 0.3) is 0 Å². The summed E-state index contributed by atoms with van der Waals surface area (Å²) in [4.78, 5) is 0. The highest BCUT2D eigenvalue weighted by Crippen LogP contribution is 2.33. The summed E-state index contributed by atoms with van der Waals surface area (Å²) in [6.07, 6.45) is 8.16. The molecule has 1 unspecified atom stereocenters. The van der Waals surface area contributed by atoms with Gasteiger partial charge >= 0.3 is 0 Å². The summed E-state index contributed by atoms with van der Waals surface area (Å²) in [6.45, 7) is 4.89. The van der Waals surface area contributed by atoms with Gasteiger partial charge in [0, 0.05) is 11.1 Å². The monoisotopic (exact) mass is 331 g/mol. The van der Waals surface area contributed by atoms with Crippen molar-refractivity contribution in [3.8, 4) is 5.75 Å². The molecule has 2 N–H and O–H groups in total. The van der Waals surface area contributed by atoms with Crippen molar-refractivity contribution in [3.63, 3.8) is 0 Å². The normalized spacial score (nSPS) is 12.4. The van der Waals surface area contributed by atoms with E-state index in [0.29, 0.717) is 23.1 Å². The number of benzene rings is 1. The van der Waals surface area contributed by atoms with Gasteiger partial charge in [-0.3, -0.25) is 0 Å². The average molecular weight is 332 g/mol. The zero-order valence-corrected chi connectivity index (χ0v) is 14.6. The van der Waals surface area contributed by atoms with Crippen LogP contribution in [0.3, 0.4) is 0 Å². The predicted molar refractivity (Wildman–Crippen MR) is 92.7 cm³/mol. The average Bonchev–Trinajstić information content (AvgIpc) is 2.39. The van der Waals surface area contributed by atoms with Gasteiger partial charge in [-0.2, -0.15) is 0 Å². The van der Waals surface area contributed by atoms with Gasteiger partial charge in [-0.05, 0) is 37.5 Å². The van der Waals surface area contributed by atoms with Crippen LogP contribution in [0, 0.1) is 0 Å². The molecule has 0 saturated heterocycles. The van der Waals surface area contributed by atoms with Crippen molar-refractivity contribution in [2.24, 2.45) is 5.73 Å². The van der Waals surface area contributed by atoms with E-state index in [2.05, 4.69) is 6.92 Å². The highest BCUT2D eigenvalue weighted by molar-refractivity contribution is 6.35. The van der Waals surface area contributed by atoms with Crippen LogP contribution >= 0.6 is 23.2 Å². The molecule has 0 aromatic heterocycles. The van der Waals surface area contributed by atoms with Gasteiger partial charge in [-0.1, -0.05) is 62.2 Å². The summed E-state index contributed by atoms with van der Waals surface area (Å²) in [5, 5.41) is 1.20. The topological polar surface area (TPSA) is 35.2 Å². The maximum atomic E-state index is 6.25. The minimum Gasteiger partial charge on any atom is -0.492 e. The van der Waals surface area contributed by atoms with Crippen molar-refractivity contribution in [2.45, 2.75) is 64.8 Å². The summed E-state index contributed by atoms with van der Waals surface area (Å²) in [5.74, 6) is 0.743. The summed E-state index contributed by atoms with van der Waals surface area (Å²) in [7, 11) is 0. The summed E-state index contributed by atoms with van der Waals surface area (Å²) in [5.41, 5.74) is 6.87. The highest BCUT2D eigenvalue weighted by atomic mass is 35.5. The van der Waals surface area contributed by atoms with Crippen molar-refractivity contribution in [1.82, 2.24) is 0 Å². The van der Waals surface area contributed by atoms with Crippen molar-refractivity contribution < 1.29 is 4.74 Å². The minimum absolute atomic E-state index is 0.0518. The summed E-state index contributed by atoms with van der Waals surface area (Å²) < 4.78 is 5.88. The Hall–Kier alpha value is -0.440. The van der Waals surface area contributed by atoms with Gasteiger partial charge in [-0.25, -0.2) is 0 Å². The lowest BCUT2D eigenvalue weighted by atomic mass is 10.1. The number of nitrogens with two attached hydrogens (primary N) is 1. The van der Waals surface area contributed by atoms with Crippen LogP contribution in [-0.2, 0) is 6.42 Å². The Kier molecular flexibility index (Phi) is 9.14. The van der Waals surface area contributed by atoms with E-state index in [1.54, 1.807) is 6.07 Å². The van der Waals surface area contributed by atoms with Crippen LogP contribution in [0.2, 0.25) is 10.0 Å². The molecule has 0 saturated carbocycles. The molecular weight excluding hydrogens is 305 g/mol. The Morgan fingerprint density at radius 1 is 1.10 bits per heavy atom. The van der Waals surface area contributed by atoms with E-state index in [1.807, 2.05) is 13.0 Å². The number of halogens is 2. The van der Waals surface area contributed by atoms with Crippen LogP contribution in [0.15, 0.2) is 12.1 Å². The number of rotatable bonds is 10. The van der Waals surface area contributed by atoms with Crippen molar-refractivity contribution in [2.75, 3.05) is 6.61 Å². The molecule has 4 heteroatoms. The largest absolute Gasteiger partial charge is 0.492 e. The molecule has 0 aliphatic rings. The van der Waals surface area contributed by atoms with Crippen LogP contribution < -0.4 is 10.5 Å². The highest BCUT2D eigenvalue weighted by Gasteiger charge is 2.12. The second-order valence-corrected chi connectivity index (χ2v) is 6.52. The maximum absolute atomic E-state index is 6.25. The molecule has 120 valence electrons. The molecule has 1 atom stereocenters. The van der Waals surface area contributed by atoms with Crippen molar-refractivity contribution in [3.05, 3.63) is 27.7 Å². The summed E-state index contributed by atoms with van der Waals surface area (Å²) in [6, 6.07) is 3.67. The molecule has 0 amide bonds. The third-order valence-corrected chi connectivity index (χ3v) is 3.87. The van der Waals surface area contributed by atoms with Crippen LogP contribution in [0.1, 0.15) is 57.9 Å². The maximum Gasteiger partial charge on any atom is 0.141 e. The molecule has 0 spiro atoms. The number of ether oxygens (including phenoxy) is 1. The molecule has 0 bridgehead atoms. The second-order valence-electron chi connectivity index (χ2n) is 5.67. The first-order valence-corrected chi connectivity index (χ1v) is 8.66. The molecule has 0 aliphatic heterocycles. The van der Waals surface area contributed by atoms with E-state index in [1.165, 1.54) is 32.1 Å². The van der Waals surface area contributed by atoms with Crippen molar-refractivity contribution in [1.29, 1.82) is 0 Å². The lowest BCUT2D eigenvalue weighted by Crippen LogP contribution is -2.18. The first-order chi connectivity index (χ1) is 10.0. The SMILES string of the molecule is CCCCCCCCOc1c(Cl)cc(Cl)cc1CC(C)N. The third kappa shape index (κ3) is 7.39. The smallest absolute Gasteiger partial charge is 0.141 e. The number of hydrogen-bond donors (Lipinski definition) is 1. The Bertz CT molecular complexity index is 421. The molecule has 21 heavy (non-hydrogen) atoms. The molecule has 1 aromatic carbocycles. The zero-order chi connectivity index (χ0) is 15.7. The van der Waals surface area contributed by atoms with E-state index in [9.17, 15) is 0 Å². The van der Waals surface area contributed by atoms with Gasteiger partial charge < -0.3 is 10.5 Å². The third-order valence-electron chi connectivity index (χ3n) is 3.37. The predicted octanol–water partition coefficient (Wildman–Crippen LogP) is 5.62. The fourth-order valence-electron chi connectivity index (χ4n) is 2.33. The molecule has 1 rings (SSSR count). The Morgan fingerprint density at radius 3 is 2.43 bits per heavy atom. The Balaban J connectivity index is 2.49. The Morgan fingerprint density at radius 2 is 1.76 bits per heavy atom. The first-order valence-electron chi connectivity index (χ1n) is 7.91. The second kappa shape index (κ2) is 10.3. The van der Waals surface area contributed by atoms with E-state index in [4.69, 9.17) is 33.7 Å². The van der Waals surface area contributed by atoms with E-state index < -0.39 is 0 Å². The van der Waals surface area contributed by atoms with E-state index >= 15 is 0 Å². The van der Waals surface area contributed by atoms with Crippen LogP contribution in [-0.4, -0.2) is 12.6 Å². The molecule has 0 radical (unpaired) electrons. The number of unbranched alkanes of at least 4 members (excludes halogenated alkanes) is 5. The van der Waals surface area contributed by atoms with Gasteiger partial charge in [0.1, 0.15) is 5.75 Å². The van der Waals surface area contributed by atoms with Gasteiger partial charge in [-0.15, -0.1) is 0 Å². The van der Waals surface area contributed by atoms with Crippen LogP contribution in [0.4, 0.5) is 0 Å². The standard InChI is InChI=1S/C17H27Cl2NO/c1-3-4-5-6-7-8-9-21-17-14(10-13(2)20)11-15(18)12-16(17)19/h11-13H,3-10,20H2,1-2H3. The lowest BCUT2D eigenvalue weighted by Gasteiger charge is -2.15. The molecular formula is C17H27Cl2NO. The fourth-order valence-corrected chi connectivity index (χ4v) is 2.92. The van der Waals surface area contributed by atoms with Crippen LogP contribution in [0.5, 0.6) is 5.75 Å². The first kappa shape index (κ1) is 18.6. The van der Waals surface area contributed by atoms with Gasteiger partial charge in [0.15, 0.2) is 0 Å². The molecule has 2 nitrogen and oxygen atoms in total. The molecule has 0 aliphatic carbocycles. The van der Waals surface area contributed by atoms with Gasteiger partial charge in [0.2, 0.25) is 0 Å². The van der Waals surface area contributed by atoms with Crippen LogP contribution in [0.25, 0.3) is 0 Å². The molecule has 0 heterocycles. The minimum atomic E-state index is 0.0518. The fraction of sp³-hybridized carbons (Fsp3) is 0.647. The molecule has 1 aromatic rings. The number of hydrogen-bond acceptors (Lipinski definition) is 2. The van der Waals surface area contributed by atoms with E-state index in [0.717, 1.165) is 17.7 Å². The zero-order valence-electron chi connectivity index (χ0n) is 13.1. The molecule has 0 fully saturated rings. The van der Waals surface area contributed by atoms with Crippen molar-refractivity contribution >= 4 is 23.2 Å². The Labute approximate surface area is 139 Å². The van der Waals surface area contributed by atoms with E-state index in [-0.39, 0.29) is 6.04 Å². The van der Waals surface area contributed by atoms with Gasteiger partial charge in [0.05, 0.1) is 11.6 Å². The summed E-state index contributed by atoms with van der Waals surface area (Å²) >= 11 is 12.3.